The van der Waals surface area contributed by atoms with E-state index in [1.54, 1.807) is 6.07 Å². The van der Waals surface area contributed by atoms with Crippen LogP contribution in [0, 0.1) is 11.3 Å². The molecule has 0 aromatic carbocycles. The van der Waals surface area contributed by atoms with Gasteiger partial charge in [0.15, 0.2) is 11.4 Å². The third-order valence-corrected chi connectivity index (χ3v) is 6.21. The number of nitriles is 1. The van der Waals surface area contributed by atoms with E-state index >= 15 is 0 Å². The molecule has 1 aromatic heterocycles. The maximum atomic E-state index is 11.7. The van der Waals surface area contributed by atoms with Crippen molar-refractivity contribution in [1.82, 2.24) is 9.29 Å². The first-order chi connectivity index (χ1) is 15.2. The minimum absolute atomic E-state index is 0.106. The van der Waals surface area contributed by atoms with Crippen LogP contribution in [0.3, 0.4) is 0 Å². The Morgan fingerprint density at radius 2 is 2.28 bits per heavy atom. The molecule has 3 heterocycles. The van der Waals surface area contributed by atoms with E-state index in [0.29, 0.717) is 11.4 Å². The summed E-state index contributed by atoms with van der Waals surface area (Å²) in [5.74, 6) is -1.16. The van der Waals surface area contributed by atoms with Gasteiger partial charge in [0.1, 0.15) is 37.0 Å². The Labute approximate surface area is 192 Å². The third kappa shape index (κ3) is 4.91. The Balaban J connectivity index is 1.90. The topological polar surface area (TPSA) is 160 Å². The lowest BCUT2D eigenvalue weighted by Crippen LogP contribution is -2.62. The SMILES string of the molecule is COC1C(N=[N+]=[N-])[C@@H](OC(C)=O)C(COC(C)=O)O[C@]12CN2Sc1cnc(C#N)c(Cl)c1. The van der Waals surface area contributed by atoms with Gasteiger partial charge in [-0.15, -0.1) is 0 Å². The van der Waals surface area contributed by atoms with Gasteiger partial charge in [0.2, 0.25) is 0 Å². The van der Waals surface area contributed by atoms with Crippen LogP contribution in [0.5, 0.6) is 0 Å². The molecule has 2 fully saturated rings. The average molecular weight is 483 g/mol. The average Bonchev–Trinajstić information content (AvgIpc) is 3.40. The van der Waals surface area contributed by atoms with Gasteiger partial charge in [0.05, 0.1) is 11.6 Å². The molecule has 0 amide bonds. The number of carbonyl (C=O) groups excluding carboxylic acids is 2. The predicted molar refractivity (Wildman–Crippen MR) is 110 cm³/mol. The molecule has 12 nitrogen and oxygen atoms in total. The van der Waals surface area contributed by atoms with Gasteiger partial charge in [-0.2, -0.15) is 5.26 Å². The number of methoxy groups -OCH3 is 1. The van der Waals surface area contributed by atoms with Gasteiger partial charge in [0, 0.05) is 37.0 Å². The van der Waals surface area contributed by atoms with Crippen molar-refractivity contribution in [2.75, 3.05) is 20.3 Å². The second kappa shape index (κ2) is 9.91. The molecule has 14 heteroatoms. The van der Waals surface area contributed by atoms with Gasteiger partial charge in [0.25, 0.3) is 0 Å². The number of hydrogen-bond acceptors (Lipinski definition) is 11. The number of esters is 2. The molecule has 2 aliphatic rings. The van der Waals surface area contributed by atoms with Crippen molar-refractivity contribution < 1.29 is 28.5 Å². The van der Waals surface area contributed by atoms with Crippen LogP contribution in [0.25, 0.3) is 10.4 Å². The zero-order valence-corrected chi connectivity index (χ0v) is 18.9. The fourth-order valence-corrected chi connectivity index (χ4v) is 4.87. The fraction of sp³-hybridized carbons (Fsp3) is 0.556. The lowest BCUT2D eigenvalue weighted by Gasteiger charge is -2.44. The van der Waals surface area contributed by atoms with Crippen molar-refractivity contribution in [3.63, 3.8) is 0 Å². The van der Waals surface area contributed by atoms with Gasteiger partial charge in [-0.1, -0.05) is 16.7 Å². The molecular formula is C18H19ClN6O6S. The first-order valence-corrected chi connectivity index (χ1v) is 10.5. The molecule has 0 saturated carbocycles. The molecule has 0 N–H and O–H groups in total. The summed E-state index contributed by atoms with van der Waals surface area (Å²) in [4.78, 5) is 30.6. The van der Waals surface area contributed by atoms with Crippen LogP contribution in [0.4, 0.5) is 0 Å². The Morgan fingerprint density at radius 3 is 2.84 bits per heavy atom. The van der Waals surface area contributed by atoms with E-state index in [4.69, 9.17) is 41.3 Å². The summed E-state index contributed by atoms with van der Waals surface area (Å²) in [5, 5.41) is 13.0. The fourth-order valence-electron chi connectivity index (χ4n) is 3.52. The number of carbonyl (C=O) groups is 2. The van der Waals surface area contributed by atoms with E-state index in [-0.39, 0.29) is 17.3 Å². The number of halogens is 1. The van der Waals surface area contributed by atoms with Crippen molar-refractivity contribution in [2.24, 2.45) is 5.11 Å². The molecule has 0 aliphatic carbocycles. The van der Waals surface area contributed by atoms with Crippen LogP contribution >= 0.6 is 23.5 Å². The quantitative estimate of drug-likeness (QED) is 0.141. The van der Waals surface area contributed by atoms with E-state index in [1.807, 2.05) is 10.4 Å². The Hall–Kier alpha value is -2.59. The Kier molecular flexibility index (Phi) is 7.45. The summed E-state index contributed by atoms with van der Waals surface area (Å²) in [6, 6.07) is 2.54. The monoisotopic (exact) mass is 482 g/mol. The van der Waals surface area contributed by atoms with Crippen molar-refractivity contribution in [2.45, 2.75) is 48.8 Å². The summed E-state index contributed by atoms with van der Waals surface area (Å²) in [6.45, 7) is 2.59. The summed E-state index contributed by atoms with van der Waals surface area (Å²) < 4.78 is 24.1. The molecule has 170 valence electrons. The number of hydrogen-bond donors (Lipinski definition) is 0. The molecule has 2 saturated heterocycles. The normalized spacial score (nSPS) is 30.7. The van der Waals surface area contributed by atoms with Gasteiger partial charge >= 0.3 is 11.9 Å². The number of nitrogens with zero attached hydrogens (tertiary/aromatic N) is 6. The van der Waals surface area contributed by atoms with Gasteiger partial charge < -0.3 is 18.9 Å². The van der Waals surface area contributed by atoms with Crippen LogP contribution in [-0.2, 0) is 28.5 Å². The smallest absolute Gasteiger partial charge is 0.303 e. The van der Waals surface area contributed by atoms with Crippen molar-refractivity contribution in [3.8, 4) is 6.07 Å². The first kappa shape index (κ1) is 24.1. The number of azide groups is 1. The van der Waals surface area contributed by atoms with Gasteiger partial charge in [-0.05, 0) is 23.5 Å². The molecule has 2 aliphatic heterocycles. The van der Waals surface area contributed by atoms with E-state index in [1.165, 1.54) is 39.1 Å². The highest BCUT2D eigenvalue weighted by molar-refractivity contribution is 7.97. The second-order valence-corrected chi connectivity index (χ2v) is 8.47. The van der Waals surface area contributed by atoms with Gasteiger partial charge in [-0.3, -0.25) is 9.59 Å². The zero-order valence-electron chi connectivity index (χ0n) is 17.3. The van der Waals surface area contributed by atoms with E-state index in [2.05, 4.69) is 15.0 Å². The molecule has 32 heavy (non-hydrogen) atoms. The highest BCUT2D eigenvalue weighted by Gasteiger charge is 2.68. The summed E-state index contributed by atoms with van der Waals surface area (Å²) >= 11 is 7.32. The summed E-state index contributed by atoms with van der Waals surface area (Å²) in [6.07, 6.45) is -1.24. The van der Waals surface area contributed by atoms with E-state index < -0.39 is 42.0 Å². The van der Waals surface area contributed by atoms with Crippen molar-refractivity contribution in [3.05, 3.63) is 33.4 Å². The lowest BCUT2D eigenvalue weighted by atomic mass is 9.92. The Bertz CT molecular complexity index is 1000. The van der Waals surface area contributed by atoms with E-state index in [9.17, 15) is 9.59 Å². The molecular weight excluding hydrogens is 464 g/mol. The molecule has 1 spiro atoms. The molecule has 0 bridgehead atoms. The number of ether oxygens (including phenoxy) is 4. The minimum Gasteiger partial charge on any atom is -0.463 e. The van der Waals surface area contributed by atoms with Gasteiger partial charge in [-0.25, -0.2) is 9.29 Å². The Morgan fingerprint density at radius 1 is 1.53 bits per heavy atom. The minimum atomic E-state index is -1.06. The maximum Gasteiger partial charge on any atom is 0.303 e. The van der Waals surface area contributed by atoms with Crippen molar-refractivity contribution in [1.29, 1.82) is 5.26 Å². The molecule has 4 unspecified atom stereocenters. The third-order valence-electron chi connectivity index (χ3n) is 4.83. The maximum absolute atomic E-state index is 11.7. The van der Waals surface area contributed by atoms with Crippen LogP contribution in [0.1, 0.15) is 19.5 Å². The zero-order chi connectivity index (χ0) is 23.5. The molecule has 1 aromatic rings. The summed E-state index contributed by atoms with van der Waals surface area (Å²) in [5.41, 5.74) is 8.18. The van der Waals surface area contributed by atoms with Crippen LogP contribution in [0.2, 0.25) is 5.02 Å². The standard InChI is InChI=1S/C18H19ClN6O6S/c1-9(26)29-7-14-16(30-10(2)27)15(23-24-21)17(28-3)18(31-14)8-25(18)32-11-4-12(19)13(5-20)22-6-11/h4,6,14-17H,7-8H2,1-3H3/t14?,15?,16-,17?,18+,25?/m0/s1. The second-order valence-electron chi connectivity index (χ2n) is 6.97. The highest BCUT2D eigenvalue weighted by Crippen LogP contribution is 2.52. The first-order valence-electron chi connectivity index (χ1n) is 9.32. The predicted octanol–water partition coefficient (Wildman–Crippen LogP) is 2.21. The molecule has 3 rings (SSSR count). The highest BCUT2D eigenvalue weighted by atomic mass is 35.5. The number of aromatic nitrogens is 1. The lowest BCUT2D eigenvalue weighted by molar-refractivity contribution is -0.229. The summed E-state index contributed by atoms with van der Waals surface area (Å²) in [7, 11) is 1.42. The number of pyridine rings is 1. The van der Waals surface area contributed by atoms with Crippen LogP contribution in [0.15, 0.2) is 22.3 Å². The molecule has 6 atom stereocenters. The van der Waals surface area contributed by atoms with E-state index in [0.717, 1.165) is 0 Å². The van der Waals surface area contributed by atoms with Crippen LogP contribution in [-0.4, -0.2) is 71.6 Å². The molecule has 0 radical (unpaired) electrons. The van der Waals surface area contributed by atoms with Crippen molar-refractivity contribution >= 4 is 35.5 Å². The van der Waals surface area contributed by atoms with Crippen LogP contribution < -0.4 is 0 Å². The largest absolute Gasteiger partial charge is 0.463 e. The number of rotatable bonds is 7.